The van der Waals surface area contributed by atoms with E-state index in [0.29, 0.717) is 0 Å². The third-order valence-electron chi connectivity index (χ3n) is 1.23. The number of hydrogen-bond donors (Lipinski definition) is 3. The molecule has 66 valence electrons. The van der Waals surface area contributed by atoms with E-state index in [1.165, 1.54) is 6.42 Å². The number of rotatable bonds is 7. The Kier molecular flexibility index (Phi) is 18.3. The molecule has 0 aromatic carbocycles. The summed E-state index contributed by atoms with van der Waals surface area (Å²) in [5.74, 6) is 0. The van der Waals surface area contributed by atoms with E-state index in [9.17, 15) is 0 Å². The first-order chi connectivity index (χ1) is 4.91. The van der Waals surface area contributed by atoms with E-state index < -0.39 is 0 Å². The van der Waals surface area contributed by atoms with Crippen LogP contribution in [0.1, 0.15) is 13.3 Å². The molecule has 0 atom stereocenters. The van der Waals surface area contributed by atoms with E-state index in [2.05, 4.69) is 17.6 Å². The number of nitrogens with two attached hydrogens (primary N) is 1. The minimum absolute atomic E-state index is 0. The van der Waals surface area contributed by atoms with Gasteiger partial charge in [0.2, 0.25) is 0 Å². The first-order valence-electron chi connectivity index (χ1n) is 4.03. The standard InChI is InChI=1S/C7H19N3.Ca.2H/c1-2-4-9-6-7-10-5-3-8;;;/h9-10H,2-8H2,1H3;;;. The summed E-state index contributed by atoms with van der Waals surface area (Å²) in [4.78, 5) is 0. The zero-order chi connectivity index (χ0) is 7.66. The molecule has 0 unspecified atom stereocenters. The Hall–Kier alpha value is 1.14. The zero-order valence-electron chi connectivity index (χ0n) is 6.82. The quantitative estimate of drug-likeness (QED) is 0.340. The van der Waals surface area contributed by atoms with E-state index in [1.54, 1.807) is 0 Å². The molecule has 0 saturated heterocycles. The minimum atomic E-state index is 0. The van der Waals surface area contributed by atoms with Gasteiger partial charge in [0.25, 0.3) is 0 Å². The van der Waals surface area contributed by atoms with Crippen molar-refractivity contribution in [2.45, 2.75) is 13.3 Å². The van der Waals surface area contributed by atoms with Crippen LogP contribution in [0, 0.1) is 0 Å². The molecule has 11 heavy (non-hydrogen) atoms. The van der Waals surface area contributed by atoms with Crippen molar-refractivity contribution in [1.82, 2.24) is 10.6 Å². The average molecular weight is 187 g/mol. The fourth-order valence-corrected chi connectivity index (χ4v) is 0.706. The van der Waals surface area contributed by atoms with Crippen LogP contribution in [0.5, 0.6) is 0 Å². The van der Waals surface area contributed by atoms with Crippen molar-refractivity contribution in [3.8, 4) is 0 Å². The van der Waals surface area contributed by atoms with Crippen LogP contribution in [0.25, 0.3) is 0 Å². The molecule has 0 aliphatic rings. The second-order valence-electron chi connectivity index (χ2n) is 2.29. The second kappa shape index (κ2) is 13.7. The summed E-state index contributed by atoms with van der Waals surface area (Å²) in [6.07, 6.45) is 1.21. The first-order valence-corrected chi connectivity index (χ1v) is 4.03. The molecule has 0 aliphatic carbocycles. The van der Waals surface area contributed by atoms with Crippen LogP contribution in [0.15, 0.2) is 0 Å². The van der Waals surface area contributed by atoms with Gasteiger partial charge in [0.05, 0.1) is 0 Å². The Morgan fingerprint density at radius 2 is 1.55 bits per heavy atom. The molecule has 0 rings (SSSR count). The number of nitrogens with one attached hydrogen (secondary N) is 2. The first kappa shape index (κ1) is 14.7. The van der Waals surface area contributed by atoms with Gasteiger partial charge in [-0.3, -0.25) is 0 Å². The predicted molar refractivity (Wildman–Crippen MR) is 53.6 cm³/mol. The molecule has 0 radical (unpaired) electrons. The van der Waals surface area contributed by atoms with Gasteiger partial charge in [0.1, 0.15) is 0 Å². The monoisotopic (exact) mass is 187 g/mol. The summed E-state index contributed by atoms with van der Waals surface area (Å²) in [5.41, 5.74) is 5.29. The molecule has 0 aromatic rings. The molecule has 0 heterocycles. The Labute approximate surface area is 99.5 Å². The molecule has 0 saturated carbocycles. The van der Waals surface area contributed by atoms with Crippen LogP contribution in [-0.2, 0) is 0 Å². The zero-order valence-corrected chi connectivity index (χ0v) is 6.82. The van der Waals surface area contributed by atoms with E-state index in [4.69, 9.17) is 5.73 Å². The van der Waals surface area contributed by atoms with E-state index in [1.807, 2.05) is 0 Å². The van der Waals surface area contributed by atoms with Crippen LogP contribution in [0.2, 0.25) is 0 Å². The maximum atomic E-state index is 5.29. The van der Waals surface area contributed by atoms with Crippen molar-refractivity contribution in [2.24, 2.45) is 5.73 Å². The van der Waals surface area contributed by atoms with Crippen molar-refractivity contribution in [3.05, 3.63) is 0 Å². The van der Waals surface area contributed by atoms with Gasteiger partial charge in [0.15, 0.2) is 0 Å². The molecule has 0 aliphatic heterocycles. The molecular weight excluding hydrogens is 166 g/mol. The maximum absolute atomic E-state index is 5.29. The van der Waals surface area contributed by atoms with Gasteiger partial charge in [0, 0.05) is 26.2 Å². The van der Waals surface area contributed by atoms with Crippen molar-refractivity contribution in [2.75, 3.05) is 32.7 Å². The Balaban J connectivity index is 0. The normalized spacial score (nSPS) is 9.27. The van der Waals surface area contributed by atoms with Crippen molar-refractivity contribution in [3.63, 3.8) is 0 Å². The molecule has 0 amide bonds. The topological polar surface area (TPSA) is 50.1 Å². The summed E-state index contributed by atoms with van der Waals surface area (Å²) in [5, 5.41) is 6.50. The summed E-state index contributed by atoms with van der Waals surface area (Å²) in [7, 11) is 0. The van der Waals surface area contributed by atoms with Crippen molar-refractivity contribution in [1.29, 1.82) is 0 Å². The molecule has 0 spiro atoms. The van der Waals surface area contributed by atoms with Gasteiger partial charge < -0.3 is 16.4 Å². The van der Waals surface area contributed by atoms with Gasteiger partial charge >= 0.3 is 37.7 Å². The second-order valence-corrected chi connectivity index (χ2v) is 2.29. The van der Waals surface area contributed by atoms with Gasteiger partial charge in [-0.25, -0.2) is 0 Å². The molecule has 0 bridgehead atoms. The third kappa shape index (κ3) is 14.0. The fraction of sp³-hybridized carbons (Fsp3) is 1.00. The molecule has 0 fully saturated rings. The molecule has 0 aromatic heterocycles. The van der Waals surface area contributed by atoms with E-state index >= 15 is 0 Å². The fourth-order valence-electron chi connectivity index (χ4n) is 0.706. The molecule has 3 nitrogen and oxygen atoms in total. The van der Waals surface area contributed by atoms with Crippen LogP contribution in [0.4, 0.5) is 0 Å². The van der Waals surface area contributed by atoms with Crippen LogP contribution < -0.4 is 16.4 Å². The predicted octanol–water partition coefficient (Wildman–Crippen LogP) is -1.38. The Morgan fingerprint density at radius 3 is 2.00 bits per heavy atom. The van der Waals surface area contributed by atoms with Gasteiger partial charge in [-0.05, 0) is 13.0 Å². The van der Waals surface area contributed by atoms with Crippen LogP contribution in [-0.4, -0.2) is 70.5 Å². The Morgan fingerprint density at radius 1 is 1.00 bits per heavy atom. The summed E-state index contributed by atoms with van der Waals surface area (Å²) < 4.78 is 0. The van der Waals surface area contributed by atoms with E-state index in [-0.39, 0.29) is 37.7 Å². The third-order valence-corrected chi connectivity index (χ3v) is 1.23. The summed E-state index contributed by atoms with van der Waals surface area (Å²) in [6.45, 7) is 7.01. The van der Waals surface area contributed by atoms with Gasteiger partial charge in [-0.2, -0.15) is 0 Å². The summed E-state index contributed by atoms with van der Waals surface area (Å²) in [6, 6.07) is 0. The Bertz CT molecular complexity index is 53.6. The molecule has 4 heteroatoms. The van der Waals surface area contributed by atoms with Gasteiger partial charge in [-0.1, -0.05) is 6.92 Å². The van der Waals surface area contributed by atoms with Crippen molar-refractivity contribution >= 4 is 37.7 Å². The summed E-state index contributed by atoms with van der Waals surface area (Å²) >= 11 is 0. The SMILES string of the molecule is CCCNCCNCCN.[CaH2]. The number of hydrogen-bond acceptors (Lipinski definition) is 3. The average Bonchev–Trinajstić information content (AvgIpc) is 1.97. The molecular formula is C7H21CaN3. The van der Waals surface area contributed by atoms with Crippen LogP contribution in [0.3, 0.4) is 0 Å². The van der Waals surface area contributed by atoms with Gasteiger partial charge in [-0.15, -0.1) is 0 Å². The van der Waals surface area contributed by atoms with Crippen LogP contribution >= 0.6 is 0 Å². The van der Waals surface area contributed by atoms with Crippen molar-refractivity contribution < 1.29 is 0 Å². The molecule has 4 N–H and O–H groups in total. The van der Waals surface area contributed by atoms with E-state index in [0.717, 1.165) is 32.7 Å².